The average Bonchev–Trinajstić information content (AvgIpc) is 3.41. The maximum Gasteiger partial charge on any atom is 0.123 e. The largest absolute Gasteiger partial charge is 0.309 e. The quantitative estimate of drug-likeness (QED) is 0.126. The van der Waals surface area contributed by atoms with Gasteiger partial charge in [-0.3, -0.25) is 0 Å². The van der Waals surface area contributed by atoms with Crippen LogP contribution in [-0.4, -0.2) is 0 Å². The van der Waals surface area contributed by atoms with Crippen molar-refractivity contribution in [1.82, 2.24) is 0 Å². The Morgan fingerprint density at radius 1 is 0.278 bits per heavy atom. The lowest BCUT2D eigenvalue weighted by molar-refractivity contribution is 0.627. The van der Waals surface area contributed by atoms with Crippen LogP contribution in [0.15, 0.2) is 231 Å². The van der Waals surface area contributed by atoms with Crippen molar-refractivity contribution >= 4 is 66.4 Å². The molecule has 0 unspecified atom stereocenters. The summed E-state index contributed by atoms with van der Waals surface area (Å²) in [6.07, 6.45) is 0. The predicted octanol–water partition coefficient (Wildman–Crippen LogP) is 19.7. The zero-order chi connectivity index (χ0) is 49.0. The first kappa shape index (κ1) is 44.4. The normalized spacial score (nSPS) is 11.5. The van der Waals surface area contributed by atoms with Crippen LogP contribution in [0.2, 0.25) is 0 Å². The highest BCUT2D eigenvalue weighted by atomic mass is 19.1. The summed E-state index contributed by atoms with van der Waals surface area (Å²) in [6.45, 7) is 8.76. The van der Waals surface area contributed by atoms with E-state index in [1.807, 2.05) is 36.4 Å². The Labute approximate surface area is 419 Å². The fraction of sp³-hybridized carbons (Fsp3) is 0.0588. The maximum atomic E-state index is 14.4. The SMILES string of the molecule is Cc1cccc(C)c1N(c1cc(-c2ccccc2)cc(-c2ccc(F)cc2)c1)c1ccc2ccc3c(N(c4cc(-c5ccccc5)cc(-c5ccc(F)cc5)c4)c4c(C)cccc4C)ccc4ccc1c2c43. The van der Waals surface area contributed by atoms with Crippen LogP contribution < -0.4 is 9.80 Å². The molecule has 0 heterocycles. The van der Waals surface area contributed by atoms with Gasteiger partial charge in [0.15, 0.2) is 0 Å². The Morgan fingerprint density at radius 2 is 0.597 bits per heavy atom. The van der Waals surface area contributed by atoms with Crippen LogP contribution in [0.3, 0.4) is 0 Å². The fourth-order valence-electron chi connectivity index (χ4n) is 10.9. The second-order valence-electron chi connectivity index (χ2n) is 19.0. The van der Waals surface area contributed by atoms with E-state index in [9.17, 15) is 8.78 Å². The van der Waals surface area contributed by atoms with Gasteiger partial charge in [0.25, 0.3) is 0 Å². The molecule has 0 aromatic heterocycles. The average molecular weight is 933 g/mol. The first-order valence-corrected chi connectivity index (χ1v) is 24.5. The van der Waals surface area contributed by atoms with E-state index < -0.39 is 0 Å². The van der Waals surface area contributed by atoms with Gasteiger partial charge in [-0.2, -0.15) is 0 Å². The molecule has 2 nitrogen and oxygen atoms in total. The summed E-state index contributed by atoms with van der Waals surface area (Å²) in [4.78, 5) is 4.87. The van der Waals surface area contributed by atoms with Gasteiger partial charge >= 0.3 is 0 Å². The molecule has 4 heteroatoms. The van der Waals surface area contributed by atoms with E-state index in [1.165, 1.54) is 35.0 Å². The number of halogens is 2. The molecule has 0 bridgehead atoms. The van der Waals surface area contributed by atoms with E-state index in [1.54, 1.807) is 0 Å². The monoisotopic (exact) mass is 932 g/mol. The van der Waals surface area contributed by atoms with Gasteiger partial charge in [0.05, 0.1) is 22.7 Å². The smallest absolute Gasteiger partial charge is 0.123 e. The van der Waals surface area contributed by atoms with Crippen molar-refractivity contribution in [3.8, 4) is 44.5 Å². The number of anilines is 6. The molecule has 0 radical (unpaired) electrons. The van der Waals surface area contributed by atoms with Gasteiger partial charge in [-0.05, 0) is 189 Å². The standard InChI is InChI=1S/C68H50F2N2/c1-43-13-11-14-44(2)67(43)71(59-39-53(47-17-7-5-8-18-47)37-55(41-59)49-21-29-57(69)30-22-49)63-35-27-51-26-34-62-64(36-28-52-25-33-61(63)65(51)66(52)62)72(68-45(3)15-12-16-46(68)4)60-40-54(48-19-9-6-10-20-48)38-56(42-60)50-23-31-58(70)32-24-50/h5-42H,1-4H3. The molecule has 0 fully saturated rings. The zero-order valence-corrected chi connectivity index (χ0v) is 40.6. The number of hydrogen-bond acceptors (Lipinski definition) is 2. The minimum Gasteiger partial charge on any atom is -0.309 e. The zero-order valence-electron chi connectivity index (χ0n) is 40.6. The van der Waals surface area contributed by atoms with Gasteiger partial charge < -0.3 is 9.80 Å². The molecule has 12 aromatic rings. The van der Waals surface area contributed by atoms with E-state index in [0.717, 1.165) is 122 Å². The first-order chi connectivity index (χ1) is 35.2. The van der Waals surface area contributed by atoms with E-state index in [0.29, 0.717) is 0 Å². The van der Waals surface area contributed by atoms with Crippen LogP contribution in [0, 0.1) is 39.3 Å². The summed E-state index contributed by atoms with van der Waals surface area (Å²) in [7, 11) is 0. The topological polar surface area (TPSA) is 6.48 Å². The van der Waals surface area contributed by atoms with Crippen molar-refractivity contribution < 1.29 is 8.78 Å². The van der Waals surface area contributed by atoms with Gasteiger partial charge in [0, 0.05) is 22.1 Å². The van der Waals surface area contributed by atoms with E-state index in [2.05, 4.69) is 207 Å². The third kappa shape index (κ3) is 7.92. The molecule has 0 N–H and O–H groups in total. The molecular formula is C68H50F2N2. The third-order valence-corrected chi connectivity index (χ3v) is 14.3. The molecule has 0 amide bonds. The van der Waals surface area contributed by atoms with E-state index in [-0.39, 0.29) is 11.6 Å². The Hall–Kier alpha value is -8.86. The van der Waals surface area contributed by atoms with Crippen molar-refractivity contribution in [3.05, 3.63) is 264 Å². The van der Waals surface area contributed by atoms with Crippen LogP contribution in [-0.2, 0) is 0 Å². The Bertz CT molecular complexity index is 3670. The highest BCUT2D eigenvalue weighted by Gasteiger charge is 2.26. The van der Waals surface area contributed by atoms with Crippen LogP contribution in [0.4, 0.5) is 42.9 Å². The van der Waals surface area contributed by atoms with Crippen molar-refractivity contribution in [1.29, 1.82) is 0 Å². The number of nitrogens with zero attached hydrogens (tertiary/aromatic N) is 2. The number of hydrogen-bond donors (Lipinski definition) is 0. The second-order valence-corrected chi connectivity index (χ2v) is 19.0. The lowest BCUT2D eigenvalue weighted by Gasteiger charge is -2.32. The van der Waals surface area contributed by atoms with Crippen LogP contribution >= 0.6 is 0 Å². The highest BCUT2D eigenvalue weighted by molar-refractivity contribution is 6.28. The summed E-state index contributed by atoms with van der Waals surface area (Å²) in [6, 6.07) is 79.3. The highest BCUT2D eigenvalue weighted by Crippen LogP contribution is 2.51. The van der Waals surface area contributed by atoms with Crippen LogP contribution in [0.1, 0.15) is 22.3 Å². The van der Waals surface area contributed by atoms with Crippen molar-refractivity contribution in [2.24, 2.45) is 0 Å². The Kier molecular flexibility index (Phi) is 11.2. The summed E-state index contributed by atoms with van der Waals surface area (Å²) in [5.41, 5.74) is 19.1. The molecular weight excluding hydrogens is 883 g/mol. The van der Waals surface area contributed by atoms with Crippen molar-refractivity contribution in [2.75, 3.05) is 9.80 Å². The predicted molar refractivity (Wildman–Crippen MR) is 300 cm³/mol. The Balaban J connectivity index is 1.13. The molecule has 12 aromatic carbocycles. The summed E-state index contributed by atoms with van der Waals surface area (Å²) >= 11 is 0. The third-order valence-electron chi connectivity index (χ3n) is 14.3. The molecule has 0 aliphatic rings. The summed E-state index contributed by atoms with van der Waals surface area (Å²) < 4.78 is 28.9. The first-order valence-electron chi connectivity index (χ1n) is 24.5. The molecule has 72 heavy (non-hydrogen) atoms. The number of aryl methyl sites for hydroxylation is 4. The van der Waals surface area contributed by atoms with Gasteiger partial charge in [0.1, 0.15) is 11.6 Å². The summed E-state index contributed by atoms with van der Waals surface area (Å²) in [5, 5.41) is 6.93. The molecule has 0 atom stereocenters. The van der Waals surface area contributed by atoms with Gasteiger partial charge in [-0.15, -0.1) is 0 Å². The van der Waals surface area contributed by atoms with Gasteiger partial charge in [-0.1, -0.05) is 158 Å². The minimum atomic E-state index is -0.264. The van der Waals surface area contributed by atoms with Crippen LogP contribution in [0.25, 0.3) is 76.8 Å². The minimum absolute atomic E-state index is 0.264. The molecule has 0 saturated carbocycles. The molecule has 0 saturated heterocycles. The van der Waals surface area contributed by atoms with E-state index in [4.69, 9.17) is 0 Å². The van der Waals surface area contributed by atoms with Crippen molar-refractivity contribution in [3.63, 3.8) is 0 Å². The lowest BCUT2D eigenvalue weighted by atomic mass is 9.90. The molecule has 0 spiro atoms. The number of rotatable bonds is 10. The second kappa shape index (κ2) is 18.1. The number of benzene rings is 12. The Morgan fingerprint density at radius 3 is 0.944 bits per heavy atom. The molecule has 0 aliphatic heterocycles. The molecule has 346 valence electrons. The lowest BCUT2D eigenvalue weighted by Crippen LogP contribution is -2.14. The molecule has 12 rings (SSSR count). The van der Waals surface area contributed by atoms with Crippen molar-refractivity contribution in [2.45, 2.75) is 27.7 Å². The van der Waals surface area contributed by atoms with E-state index >= 15 is 0 Å². The van der Waals surface area contributed by atoms with Gasteiger partial charge in [0.2, 0.25) is 0 Å². The number of para-hydroxylation sites is 2. The summed E-state index contributed by atoms with van der Waals surface area (Å²) in [5.74, 6) is -0.528. The fourth-order valence-corrected chi connectivity index (χ4v) is 10.9. The molecule has 0 aliphatic carbocycles. The van der Waals surface area contributed by atoms with Crippen LogP contribution in [0.5, 0.6) is 0 Å². The maximum absolute atomic E-state index is 14.4. The van der Waals surface area contributed by atoms with Gasteiger partial charge in [-0.25, -0.2) is 8.78 Å².